The van der Waals surface area contributed by atoms with Gasteiger partial charge in [0.1, 0.15) is 17.7 Å². The van der Waals surface area contributed by atoms with Crippen LogP contribution in [0.5, 0.6) is 5.75 Å². The van der Waals surface area contributed by atoms with E-state index in [0.29, 0.717) is 12.1 Å². The highest BCUT2D eigenvalue weighted by atomic mass is 19.1. The Bertz CT molecular complexity index is 805. The van der Waals surface area contributed by atoms with Crippen molar-refractivity contribution in [1.29, 1.82) is 0 Å². The third kappa shape index (κ3) is 4.59. The van der Waals surface area contributed by atoms with Crippen molar-refractivity contribution in [3.63, 3.8) is 0 Å². The zero-order chi connectivity index (χ0) is 18.5. The fourth-order valence-corrected chi connectivity index (χ4v) is 2.87. The minimum Gasteiger partial charge on any atom is -0.490 e. The molecule has 2 aromatic carbocycles. The van der Waals surface area contributed by atoms with Crippen LogP contribution in [-0.4, -0.2) is 24.5 Å². The summed E-state index contributed by atoms with van der Waals surface area (Å²) in [6.45, 7) is 2.69. The lowest BCUT2D eigenvalue weighted by Crippen LogP contribution is -2.30. The van der Waals surface area contributed by atoms with Crippen molar-refractivity contribution in [2.24, 2.45) is 0 Å². The number of fused-ring (bicyclic) bond motifs is 1. The molecular weight excluding hydrogens is 335 g/mol. The van der Waals surface area contributed by atoms with Gasteiger partial charge >= 0.3 is 0 Å². The largest absolute Gasteiger partial charge is 0.490 e. The summed E-state index contributed by atoms with van der Waals surface area (Å²) in [7, 11) is 0. The van der Waals surface area contributed by atoms with Crippen molar-refractivity contribution in [2.45, 2.75) is 32.4 Å². The molecule has 0 radical (unpaired) electrons. The predicted octanol–water partition coefficient (Wildman–Crippen LogP) is 2.59. The van der Waals surface area contributed by atoms with Crippen LogP contribution in [0.1, 0.15) is 34.8 Å². The molecule has 0 saturated heterocycles. The summed E-state index contributed by atoms with van der Waals surface area (Å²) in [6, 6.07) is 11.2. The molecule has 6 heteroatoms. The smallest absolute Gasteiger partial charge is 0.251 e. The van der Waals surface area contributed by atoms with E-state index in [9.17, 15) is 14.0 Å². The molecule has 2 N–H and O–H groups in total. The third-order valence-corrected chi connectivity index (χ3v) is 4.19. The monoisotopic (exact) mass is 356 g/mol. The van der Waals surface area contributed by atoms with Gasteiger partial charge in [-0.2, -0.15) is 0 Å². The summed E-state index contributed by atoms with van der Waals surface area (Å²) < 4.78 is 18.5. The number of hydrogen-bond donors (Lipinski definition) is 2. The van der Waals surface area contributed by atoms with Crippen molar-refractivity contribution in [3.05, 3.63) is 65.0 Å². The van der Waals surface area contributed by atoms with Gasteiger partial charge in [-0.25, -0.2) is 4.39 Å². The summed E-state index contributed by atoms with van der Waals surface area (Å²) in [4.78, 5) is 23.8. The van der Waals surface area contributed by atoms with E-state index in [4.69, 9.17) is 4.74 Å². The summed E-state index contributed by atoms with van der Waals surface area (Å²) in [5.41, 5.74) is 2.54. The van der Waals surface area contributed by atoms with Gasteiger partial charge in [0, 0.05) is 31.5 Å². The fourth-order valence-electron chi connectivity index (χ4n) is 2.87. The second-order valence-corrected chi connectivity index (χ2v) is 6.36. The van der Waals surface area contributed by atoms with Gasteiger partial charge in [-0.05, 0) is 48.4 Å². The van der Waals surface area contributed by atoms with Crippen LogP contribution in [0.25, 0.3) is 0 Å². The fraction of sp³-hybridized carbons (Fsp3) is 0.300. The number of amides is 2. The van der Waals surface area contributed by atoms with Crippen molar-refractivity contribution >= 4 is 11.8 Å². The average molecular weight is 356 g/mol. The van der Waals surface area contributed by atoms with Gasteiger partial charge < -0.3 is 15.4 Å². The maximum absolute atomic E-state index is 12.8. The van der Waals surface area contributed by atoms with Gasteiger partial charge in [0.05, 0.1) is 0 Å². The van der Waals surface area contributed by atoms with E-state index in [-0.39, 0.29) is 30.9 Å². The van der Waals surface area contributed by atoms with Gasteiger partial charge in [0.15, 0.2) is 0 Å². The number of rotatable bonds is 6. The lowest BCUT2D eigenvalue weighted by atomic mass is 10.1. The molecule has 1 aliphatic heterocycles. The van der Waals surface area contributed by atoms with E-state index in [0.717, 1.165) is 23.3 Å². The van der Waals surface area contributed by atoms with Crippen LogP contribution in [0.4, 0.5) is 4.39 Å². The van der Waals surface area contributed by atoms with Crippen LogP contribution in [0.3, 0.4) is 0 Å². The molecule has 1 heterocycles. The van der Waals surface area contributed by atoms with Gasteiger partial charge in [0.25, 0.3) is 5.91 Å². The van der Waals surface area contributed by atoms with E-state index >= 15 is 0 Å². The molecule has 1 aliphatic rings. The van der Waals surface area contributed by atoms with Crippen molar-refractivity contribution in [2.75, 3.05) is 6.54 Å². The molecule has 0 fully saturated rings. The number of nitrogens with one attached hydrogen (secondary N) is 2. The van der Waals surface area contributed by atoms with Crippen molar-refractivity contribution < 1.29 is 18.7 Å². The summed E-state index contributed by atoms with van der Waals surface area (Å²) in [5.74, 6) is 0.0460. The van der Waals surface area contributed by atoms with E-state index in [1.807, 2.05) is 19.1 Å². The van der Waals surface area contributed by atoms with Crippen molar-refractivity contribution in [1.82, 2.24) is 10.6 Å². The van der Waals surface area contributed by atoms with Crippen LogP contribution in [-0.2, 0) is 17.8 Å². The highest BCUT2D eigenvalue weighted by Gasteiger charge is 2.18. The molecule has 0 aliphatic carbocycles. The number of carbonyl (C=O) groups is 2. The van der Waals surface area contributed by atoms with Crippen LogP contribution in [0.2, 0.25) is 0 Å². The van der Waals surface area contributed by atoms with Crippen LogP contribution in [0.15, 0.2) is 42.5 Å². The van der Waals surface area contributed by atoms with E-state index < -0.39 is 5.82 Å². The molecule has 5 nitrogen and oxygen atoms in total. The van der Waals surface area contributed by atoms with E-state index in [1.165, 1.54) is 24.3 Å². The Hall–Kier alpha value is -2.89. The first kappa shape index (κ1) is 17.9. The lowest BCUT2D eigenvalue weighted by molar-refractivity contribution is -0.121. The van der Waals surface area contributed by atoms with Crippen LogP contribution < -0.4 is 15.4 Å². The molecule has 26 heavy (non-hydrogen) atoms. The maximum Gasteiger partial charge on any atom is 0.251 e. The second-order valence-electron chi connectivity index (χ2n) is 6.36. The minimum absolute atomic E-state index is 0.144. The highest BCUT2D eigenvalue weighted by Crippen LogP contribution is 2.29. The van der Waals surface area contributed by atoms with Gasteiger partial charge in [0.2, 0.25) is 5.91 Å². The molecular formula is C20H21FN2O3. The number of carbonyl (C=O) groups excluding carboxylic acids is 2. The standard InChI is InChI=1S/C20H21FN2O3/c1-13-10-16-11-14(2-7-18(16)26-13)12-23-19(24)8-9-22-20(25)15-3-5-17(21)6-4-15/h2-7,11,13H,8-10,12H2,1H3,(H,22,25)(H,23,24)/t13-/m0/s1. The Kier molecular flexibility index (Phi) is 5.51. The number of benzene rings is 2. The number of ether oxygens (including phenoxy) is 1. The lowest BCUT2D eigenvalue weighted by Gasteiger charge is -2.08. The topological polar surface area (TPSA) is 67.4 Å². The van der Waals surface area contributed by atoms with Crippen LogP contribution >= 0.6 is 0 Å². The van der Waals surface area contributed by atoms with Gasteiger partial charge in [-0.1, -0.05) is 12.1 Å². The first-order chi connectivity index (χ1) is 12.5. The molecule has 3 rings (SSSR count). The molecule has 0 bridgehead atoms. The molecule has 2 aromatic rings. The molecule has 1 atom stereocenters. The minimum atomic E-state index is -0.395. The summed E-state index contributed by atoms with van der Waals surface area (Å²) in [5, 5.41) is 5.49. The average Bonchev–Trinajstić information content (AvgIpc) is 2.99. The maximum atomic E-state index is 12.8. The summed E-state index contributed by atoms with van der Waals surface area (Å²) >= 11 is 0. The van der Waals surface area contributed by atoms with Crippen LogP contribution in [0, 0.1) is 5.82 Å². The SMILES string of the molecule is C[C@H]1Cc2cc(CNC(=O)CCNC(=O)c3ccc(F)cc3)ccc2O1. The molecule has 2 amide bonds. The molecule has 0 spiro atoms. The highest BCUT2D eigenvalue weighted by molar-refractivity contribution is 5.94. The second kappa shape index (κ2) is 7.99. The zero-order valence-corrected chi connectivity index (χ0v) is 14.5. The number of hydrogen-bond acceptors (Lipinski definition) is 3. The Morgan fingerprint density at radius 2 is 1.92 bits per heavy atom. The Balaban J connectivity index is 1.40. The van der Waals surface area contributed by atoms with Crippen molar-refractivity contribution in [3.8, 4) is 5.75 Å². The molecule has 0 saturated carbocycles. The Morgan fingerprint density at radius 3 is 2.69 bits per heavy atom. The predicted molar refractivity (Wildman–Crippen MR) is 95.4 cm³/mol. The van der Waals surface area contributed by atoms with Gasteiger partial charge in [-0.15, -0.1) is 0 Å². The van der Waals surface area contributed by atoms with E-state index in [2.05, 4.69) is 16.7 Å². The number of halogens is 1. The molecule has 136 valence electrons. The van der Waals surface area contributed by atoms with Gasteiger partial charge in [-0.3, -0.25) is 9.59 Å². The molecule has 0 aromatic heterocycles. The first-order valence-electron chi connectivity index (χ1n) is 8.60. The molecule has 0 unspecified atom stereocenters. The Labute approximate surface area is 151 Å². The first-order valence-corrected chi connectivity index (χ1v) is 8.60. The third-order valence-electron chi connectivity index (χ3n) is 4.19. The summed E-state index contributed by atoms with van der Waals surface area (Å²) in [6.07, 6.45) is 1.25. The quantitative estimate of drug-likeness (QED) is 0.836. The normalized spacial score (nSPS) is 15.1. The van der Waals surface area contributed by atoms with E-state index in [1.54, 1.807) is 0 Å². The Morgan fingerprint density at radius 1 is 1.15 bits per heavy atom. The zero-order valence-electron chi connectivity index (χ0n) is 14.5.